The molecule has 4 rings (SSSR count). The number of amides is 2. The van der Waals surface area contributed by atoms with Crippen LogP contribution in [-0.2, 0) is 25.7 Å². The van der Waals surface area contributed by atoms with Crippen molar-refractivity contribution in [3.63, 3.8) is 0 Å². The summed E-state index contributed by atoms with van der Waals surface area (Å²) in [7, 11) is 0. The molecule has 1 aliphatic heterocycles. The topological polar surface area (TPSA) is 84.9 Å². The third-order valence-electron chi connectivity index (χ3n) is 6.19. The highest BCUT2D eigenvalue weighted by atomic mass is 16.5. The van der Waals surface area contributed by atoms with Gasteiger partial charge in [-0.2, -0.15) is 0 Å². The number of hydrogen-bond donors (Lipinski definition) is 1. The Bertz CT molecular complexity index is 1290. The van der Waals surface area contributed by atoms with E-state index in [9.17, 15) is 14.4 Å². The van der Waals surface area contributed by atoms with Crippen LogP contribution in [0.5, 0.6) is 11.5 Å². The third-order valence-corrected chi connectivity index (χ3v) is 6.19. The summed E-state index contributed by atoms with van der Waals surface area (Å²) in [5.74, 6) is -0.281. The summed E-state index contributed by atoms with van der Waals surface area (Å²) in [5.41, 5.74) is 2.51. The number of benzene rings is 3. The summed E-state index contributed by atoms with van der Waals surface area (Å²) < 4.78 is 11.3. The average Bonchev–Trinajstić information content (AvgIpc) is 2.91. The van der Waals surface area contributed by atoms with E-state index in [0.29, 0.717) is 29.3 Å². The van der Waals surface area contributed by atoms with Crippen LogP contribution < -0.4 is 10.1 Å². The maximum absolute atomic E-state index is 13.2. The summed E-state index contributed by atoms with van der Waals surface area (Å²) in [6.07, 6.45) is 0.0340. The lowest BCUT2D eigenvalue weighted by atomic mass is 9.83. The van der Waals surface area contributed by atoms with Gasteiger partial charge < -0.3 is 19.7 Å². The molecule has 190 valence electrons. The van der Waals surface area contributed by atoms with Crippen LogP contribution in [0.3, 0.4) is 0 Å². The van der Waals surface area contributed by atoms with Gasteiger partial charge in [-0.1, -0.05) is 60.7 Å². The lowest BCUT2D eigenvalue weighted by Gasteiger charge is -2.34. The minimum absolute atomic E-state index is 0.0340. The number of ether oxygens (including phenoxy) is 2. The zero-order chi connectivity index (χ0) is 26.2. The Labute approximate surface area is 216 Å². The molecule has 0 aromatic heterocycles. The van der Waals surface area contributed by atoms with Gasteiger partial charge in [-0.05, 0) is 49.2 Å². The summed E-state index contributed by atoms with van der Waals surface area (Å²) in [4.78, 5) is 40.4. The Kier molecular flexibility index (Phi) is 8.36. The first-order chi connectivity index (χ1) is 18.0. The van der Waals surface area contributed by atoms with Crippen molar-refractivity contribution in [3.05, 3.63) is 107 Å². The van der Waals surface area contributed by atoms with Crippen LogP contribution in [0.4, 0.5) is 0 Å². The summed E-state index contributed by atoms with van der Waals surface area (Å²) >= 11 is 0. The Balaban J connectivity index is 1.57. The molecule has 0 saturated carbocycles. The predicted octanol–water partition coefficient (Wildman–Crippen LogP) is 4.95. The van der Waals surface area contributed by atoms with E-state index in [1.54, 1.807) is 13.8 Å². The highest BCUT2D eigenvalue weighted by molar-refractivity contribution is 5.97. The van der Waals surface area contributed by atoms with E-state index in [1.165, 1.54) is 4.90 Å². The largest absolute Gasteiger partial charge is 0.463 e. The summed E-state index contributed by atoms with van der Waals surface area (Å²) in [5, 5.41) is 2.84. The molecule has 0 bridgehead atoms. The van der Waals surface area contributed by atoms with Gasteiger partial charge in [-0.3, -0.25) is 9.59 Å². The molecule has 1 N–H and O–H groups in total. The van der Waals surface area contributed by atoms with Gasteiger partial charge in [0.05, 0.1) is 12.2 Å². The van der Waals surface area contributed by atoms with Crippen LogP contribution in [0.25, 0.3) is 0 Å². The molecule has 0 spiro atoms. The molecular weight excluding hydrogens is 468 g/mol. The minimum atomic E-state index is -0.519. The molecular formula is C30H30N2O5. The first kappa shape index (κ1) is 25.7. The van der Waals surface area contributed by atoms with E-state index in [1.807, 2.05) is 84.9 Å². The Morgan fingerprint density at radius 2 is 1.62 bits per heavy atom. The second-order valence-corrected chi connectivity index (χ2v) is 8.71. The van der Waals surface area contributed by atoms with Crippen molar-refractivity contribution in [2.45, 2.75) is 32.7 Å². The minimum Gasteiger partial charge on any atom is -0.463 e. The Hall–Kier alpha value is -4.39. The van der Waals surface area contributed by atoms with Crippen molar-refractivity contribution in [2.75, 3.05) is 13.2 Å². The molecule has 3 aromatic carbocycles. The van der Waals surface area contributed by atoms with Crippen molar-refractivity contribution >= 4 is 17.8 Å². The van der Waals surface area contributed by atoms with Crippen LogP contribution in [0.1, 0.15) is 37.3 Å². The SMILES string of the molecule is CCOC(=O)C1=C(C)N(CC(=O)NCc2ccccc2)C(=O)CC1c1cccc(Oc2ccccc2)c1. The Morgan fingerprint density at radius 3 is 2.32 bits per heavy atom. The third kappa shape index (κ3) is 6.44. The van der Waals surface area contributed by atoms with E-state index in [2.05, 4.69) is 5.32 Å². The van der Waals surface area contributed by atoms with Crippen LogP contribution in [0, 0.1) is 0 Å². The first-order valence-electron chi connectivity index (χ1n) is 12.3. The number of carbonyl (C=O) groups excluding carboxylic acids is 3. The number of esters is 1. The fraction of sp³-hybridized carbons (Fsp3) is 0.233. The van der Waals surface area contributed by atoms with Gasteiger partial charge >= 0.3 is 5.97 Å². The molecule has 0 aliphatic carbocycles. The quantitative estimate of drug-likeness (QED) is 0.422. The van der Waals surface area contributed by atoms with Crippen molar-refractivity contribution in [1.29, 1.82) is 0 Å². The normalized spacial score (nSPS) is 15.4. The second kappa shape index (κ2) is 12.0. The van der Waals surface area contributed by atoms with E-state index in [0.717, 1.165) is 11.1 Å². The van der Waals surface area contributed by atoms with Crippen molar-refractivity contribution in [2.24, 2.45) is 0 Å². The lowest BCUT2D eigenvalue weighted by Crippen LogP contribution is -2.44. The monoisotopic (exact) mass is 498 g/mol. The molecule has 1 unspecified atom stereocenters. The molecule has 0 radical (unpaired) electrons. The number of rotatable bonds is 9. The molecule has 0 fully saturated rings. The van der Waals surface area contributed by atoms with Crippen LogP contribution in [-0.4, -0.2) is 35.8 Å². The zero-order valence-electron chi connectivity index (χ0n) is 21.0. The molecule has 7 heteroatoms. The fourth-order valence-electron chi connectivity index (χ4n) is 4.38. The van der Waals surface area contributed by atoms with Gasteiger partial charge in [-0.15, -0.1) is 0 Å². The molecule has 1 aliphatic rings. The summed E-state index contributed by atoms with van der Waals surface area (Å²) in [6.45, 7) is 3.80. The smallest absolute Gasteiger partial charge is 0.336 e. The number of allylic oxidation sites excluding steroid dienone is 1. The Morgan fingerprint density at radius 1 is 0.946 bits per heavy atom. The highest BCUT2D eigenvalue weighted by Gasteiger charge is 2.37. The zero-order valence-corrected chi connectivity index (χ0v) is 21.0. The van der Waals surface area contributed by atoms with Gasteiger partial charge in [0.25, 0.3) is 0 Å². The summed E-state index contributed by atoms with van der Waals surface area (Å²) in [6, 6.07) is 26.3. The maximum Gasteiger partial charge on any atom is 0.336 e. The van der Waals surface area contributed by atoms with Gasteiger partial charge in [0.1, 0.15) is 18.0 Å². The second-order valence-electron chi connectivity index (χ2n) is 8.71. The number of nitrogens with one attached hydrogen (secondary N) is 1. The fourth-order valence-corrected chi connectivity index (χ4v) is 4.38. The predicted molar refractivity (Wildman–Crippen MR) is 140 cm³/mol. The molecule has 1 heterocycles. The molecule has 0 saturated heterocycles. The molecule has 2 amide bonds. The van der Waals surface area contributed by atoms with Gasteiger partial charge in [-0.25, -0.2) is 4.79 Å². The standard InChI is InChI=1S/C30H30N2O5/c1-3-36-30(35)29-21(2)32(20-27(33)31-19-22-11-6-4-7-12-22)28(34)18-26(29)23-13-10-16-25(17-23)37-24-14-8-5-9-15-24/h4-17,26H,3,18-20H2,1-2H3,(H,31,33). The van der Waals surface area contributed by atoms with Crippen LogP contribution in [0.15, 0.2) is 96.2 Å². The molecule has 37 heavy (non-hydrogen) atoms. The number of para-hydroxylation sites is 1. The van der Waals surface area contributed by atoms with Crippen LogP contribution in [0.2, 0.25) is 0 Å². The van der Waals surface area contributed by atoms with E-state index in [-0.39, 0.29) is 31.4 Å². The maximum atomic E-state index is 13.2. The first-order valence-corrected chi connectivity index (χ1v) is 12.3. The number of hydrogen-bond acceptors (Lipinski definition) is 5. The number of nitrogens with zero attached hydrogens (tertiary/aromatic N) is 1. The number of carbonyl (C=O) groups is 3. The van der Waals surface area contributed by atoms with Crippen molar-refractivity contribution in [1.82, 2.24) is 10.2 Å². The molecule has 3 aromatic rings. The lowest BCUT2D eigenvalue weighted by molar-refractivity contribution is -0.141. The van der Waals surface area contributed by atoms with E-state index >= 15 is 0 Å². The van der Waals surface area contributed by atoms with E-state index < -0.39 is 11.9 Å². The van der Waals surface area contributed by atoms with Crippen molar-refractivity contribution in [3.8, 4) is 11.5 Å². The van der Waals surface area contributed by atoms with Gasteiger partial charge in [0.15, 0.2) is 0 Å². The van der Waals surface area contributed by atoms with E-state index in [4.69, 9.17) is 9.47 Å². The van der Waals surface area contributed by atoms with Gasteiger partial charge in [0.2, 0.25) is 11.8 Å². The van der Waals surface area contributed by atoms with Crippen molar-refractivity contribution < 1.29 is 23.9 Å². The van der Waals surface area contributed by atoms with Crippen LogP contribution >= 0.6 is 0 Å². The molecule has 7 nitrogen and oxygen atoms in total. The highest BCUT2D eigenvalue weighted by Crippen LogP contribution is 2.38. The average molecular weight is 499 g/mol. The van der Waals surface area contributed by atoms with Gasteiger partial charge in [0, 0.05) is 24.6 Å². The molecule has 1 atom stereocenters.